The smallest absolute Gasteiger partial charge is 0.394 e. The minimum atomic E-state index is -4.35. The number of nitrogens with one attached hydrogen (secondary N) is 1. The first-order chi connectivity index (χ1) is 9.02. The maximum Gasteiger partial charge on any atom is 0.416 e. The molecule has 1 atom stereocenters. The Morgan fingerprint density at radius 3 is 2.53 bits per heavy atom. The van der Waals surface area contributed by atoms with Crippen molar-refractivity contribution in [2.75, 3.05) is 32.8 Å². The molecule has 0 aromatic heterocycles. The SMILES string of the molecule is OC[C@@H](c1cccc(C(F)(F)F)c1)N1CCNCC1. The number of alkyl halides is 3. The molecule has 6 heteroatoms. The third-order valence-electron chi connectivity index (χ3n) is 3.36. The second-order valence-electron chi connectivity index (χ2n) is 4.61. The van der Waals surface area contributed by atoms with Crippen molar-refractivity contribution in [3.05, 3.63) is 35.4 Å². The van der Waals surface area contributed by atoms with E-state index in [0.29, 0.717) is 5.56 Å². The third-order valence-corrected chi connectivity index (χ3v) is 3.36. The lowest BCUT2D eigenvalue weighted by atomic mass is 10.0. The van der Waals surface area contributed by atoms with Gasteiger partial charge in [0.1, 0.15) is 0 Å². The molecule has 0 radical (unpaired) electrons. The van der Waals surface area contributed by atoms with E-state index in [1.54, 1.807) is 6.07 Å². The number of nitrogens with zero attached hydrogens (tertiary/aromatic N) is 1. The Morgan fingerprint density at radius 1 is 1.26 bits per heavy atom. The van der Waals surface area contributed by atoms with Gasteiger partial charge in [0.25, 0.3) is 0 Å². The normalized spacial score (nSPS) is 19.4. The van der Waals surface area contributed by atoms with Crippen molar-refractivity contribution in [2.24, 2.45) is 0 Å². The van der Waals surface area contributed by atoms with Crippen molar-refractivity contribution in [3.63, 3.8) is 0 Å². The van der Waals surface area contributed by atoms with Gasteiger partial charge in [-0.15, -0.1) is 0 Å². The van der Waals surface area contributed by atoms with Crippen molar-refractivity contribution < 1.29 is 18.3 Å². The molecule has 0 saturated carbocycles. The van der Waals surface area contributed by atoms with Gasteiger partial charge >= 0.3 is 6.18 Å². The molecule has 0 amide bonds. The third kappa shape index (κ3) is 3.46. The Kier molecular flexibility index (Phi) is 4.44. The number of hydrogen-bond donors (Lipinski definition) is 2. The van der Waals surface area contributed by atoms with Crippen molar-refractivity contribution in [1.29, 1.82) is 0 Å². The Hall–Kier alpha value is -1.11. The lowest BCUT2D eigenvalue weighted by molar-refractivity contribution is -0.137. The van der Waals surface area contributed by atoms with E-state index in [1.807, 2.05) is 4.90 Å². The van der Waals surface area contributed by atoms with Crippen LogP contribution in [0.2, 0.25) is 0 Å². The van der Waals surface area contributed by atoms with E-state index >= 15 is 0 Å². The minimum Gasteiger partial charge on any atom is -0.394 e. The number of piperazine rings is 1. The van der Waals surface area contributed by atoms with E-state index in [0.717, 1.165) is 38.3 Å². The van der Waals surface area contributed by atoms with Gasteiger partial charge in [0.05, 0.1) is 18.2 Å². The van der Waals surface area contributed by atoms with E-state index in [-0.39, 0.29) is 12.6 Å². The zero-order valence-corrected chi connectivity index (χ0v) is 10.5. The Morgan fingerprint density at radius 2 is 1.95 bits per heavy atom. The summed E-state index contributed by atoms with van der Waals surface area (Å²) >= 11 is 0. The van der Waals surface area contributed by atoms with Crippen LogP contribution in [-0.2, 0) is 6.18 Å². The molecule has 106 valence electrons. The van der Waals surface area contributed by atoms with Crippen LogP contribution in [0.1, 0.15) is 17.2 Å². The summed E-state index contributed by atoms with van der Waals surface area (Å²) in [7, 11) is 0. The number of hydrogen-bond acceptors (Lipinski definition) is 3. The molecule has 0 unspecified atom stereocenters. The van der Waals surface area contributed by atoms with Crippen LogP contribution in [-0.4, -0.2) is 42.8 Å². The standard InChI is InChI=1S/C13H17F3N2O/c14-13(15,16)11-3-1-2-10(8-11)12(9-19)18-6-4-17-5-7-18/h1-3,8,12,17,19H,4-7,9H2/t12-/m0/s1. The van der Waals surface area contributed by atoms with Crippen LogP contribution in [0.4, 0.5) is 13.2 Å². The minimum absolute atomic E-state index is 0.179. The number of halogens is 3. The molecule has 1 saturated heterocycles. The quantitative estimate of drug-likeness (QED) is 0.879. The molecule has 1 aromatic rings. The van der Waals surface area contributed by atoms with Crippen molar-refractivity contribution in [2.45, 2.75) is 12.2 Å². The molecule has 2 N–H and O–H groups in total. The van der Waals surface area contributed by atoms with Gasteiger partial charge < -0.3 is 10.4 Å². The van der Waals surface area contributed by atoms with Crippen molar-refractivity contribution in [3.8, 4) is 0 Å². The molecule has 1 heterocycles. The summed E-state index contributed by atoms with van der Waals surface area (Å²) in [6.07, 6.45) is -4.35. The van der Waals surface area contributed by atoms with Crippen LogP contribution in [0.25, 0.3) is 0 Å². The van der Waals surface area contributed by atoms with Gasteiger partial charge in [-0.3, -0.25) is 4.90 Å². The van der Waals surface area contributed by atoms with Gasteiger partial charge in [-0.25, -0.2) is 0 Å². The molecule has 1 fully saturated rings. The van der Waals surface area contributed by atoms with Crippen molar-refractivity contribution in [1.82, 2.24) is 10.2 Å². The van der Waals surface area contributed by atoms with Crippen LogP contribution in [0.15, 0.2) is 24.3 Å². The second-order valence-corrected chi connectivity index (χ2v) is 4.61. The van der Waals surface area contributed by atoms with Gasteiger partial charge in [-0.05, 0) is 17.7 Å². The highest BCUT2D eigenvalue weighted by molar-refractivity contribution is 5.28. The molecule has 0 aliphatic carbocycles. The zero-order valence-electron chi connectivity index (χ0n) is 10.5. The van der Waals surface area contributed by atoms with E-state index in [4.69, 9.17) is 0 Å². The monoisotopic (exact) mass is 274 g/mol. The lowest BCUT2D eigenvalue weighted by Gasteiger charge is -2.34. The van der Waals surface area contributed by atoms with Crippen LogP contribution in [0.5, 0.6) is 0 Å². The highest BCUT2D eigenvalue weighted by atomic mass is 19.4. The average molecular weight is 274 g/mol. The van der Waals surface area contributed by atoms with Crippen LogP contribution in [0.3, 0.4) is 0 Å². The molecule has 2 rings (SSSR count). The number of rotatable bonds is 3. The molecule has 0 spiro atoms. The van der Waals surface area contributed by atoms with E-state index < -0.39 is 11.7 Å². The first kappa shape index (κ1) is 14.3. The Balaban J connectivity index is 2.22. The molecule has 0 bridgehead atoms. The van der Waals surface area contributed by atoms with Gasteiger partial charge in [0.15, 0.2) is 0 Å². The molecule has 1 aliphatic heterocycles. The van der Waals surface area contributed by atoms with Gasteiger partial charge in [-0.1, -0.05) is 12.1 Å². The highest BCUT2D eigenvalue weighted by Gasteiger charge is 2.31. The summed E-state index contributed by atoms with van der Waals surface area (Å²) in [4.78, 5) is 2.01. The predicted molar refractivity (Wildman–Crippen MR) is 65.7 cm³/mol. The molecular formula is C13H17F3N2O. The maximum atomic E-state index is 12.7. The van der Waals surface area contributed by atoms with E-state index in [9.17, 15) is 18.3 Å². The Labute approximate surface area is 110 Å². The summed E-state index contributed by atoms with van der Waals surface area (Å²) in [5.41, 5.74) is -0.155. The summed E-state index contributed by atoms with van der Waals surface area (Å²) in [5.74, 6) is 0. The van der Waals surface area contributed by atoms with Crippen LogP contribution < -0.4 is 5.32 Å². The van der Waals surface area contributed by atoms with Gasteiger partial charge in [0, 0.05) is 26.2 Å². The fourth-order valence-electron chi connectivity index (χ4n) is 2.35. The number of aliphatic hydroxyl groups excluding tert-OH is 1. The topological polar surface area (TPSA) is 35.5 Å². The second kappa shape index (κ2) is 5.90. The summed E-state index contributed by atoms with van der Waals surface area (Å²) in [6.45, 7) is 2.84. The van der Waals surface area contributed by atoms with Crippen LogP contribution in [0, 0.1) is 0 Å². The largest absolute Gasteiger partial charge is 0.416 e. The lowest BCUT2D eigenvalue weighted by Crippen LogP contribution is -2.46. The predicted octanol–water partition coefficient (Wildman–Crippen LogP) is 1.64. The molecule has 19 heavy (non-hydrogen) atoms. The van der Waals surface area contributed by atoms with Crippen molar-refractivity contribution >= 4 is 0 Å². The Bertz CT molecular complexity index is 417. The summed E-state index contributed by atoms with van der Waals surface area (Å²) in [6, 6.07) is 4.84. The first-order valence-corrected chi connectivity index (χ1v) is 6.25. The van der Waals surface area contributed by atoms with E-state index in [2.05, 4.69) is 5.32 Å². The first-order valence-electron chi connectivity index (χ1n) is 6.25. The summed E-state index contributed by atoms with van der Waals surface area (Å²) in [5, 5.41) is 12.7. The number of benzene rings is 1. The molecule has 1 aliphatic rings. The van der Waals surface area contributed by atoms with Gasteiger partial charge in [0.2, 0.25) is 0 Å². The molecule has 3 nitrogen and oxygen atoms in total. The maximum absolute atomic E-state index is 12.7. The van der Waals surface area contributed by atoms with Gasteiger partial charge in [-0.2, -0.15) is 13.2 Å². The zero-order chi connectivity index (χ0) is 13.9. The summed E-state index contributed by atoms with van der Waals surface area (Å²) < 4.78 is 38.1. The fraction of sp³-hybridized carbons (Fsp3) is 0.538. The molecular weight excluding hydrogens is 257 g/mol. The average Bonchev–Trinajstić information content (AvgIpc) is 2.40. The van der Waals surface area contributed by atoms with Crippen LogP contribution >= 0.6 is 0 Å². The fourth-order valence-corrected chi connectivity index (χ4v) is 2.35. The highest BCUT2D eigenvalue weighted by Crippen LogP contribution is 2.31. The van der Waals surface area contributed by atoms with E-state index in [1.165, 1.54) is 6.07 Å². The number of aliphatic hydroxyl groups is 1. The molecule has 1 aromatic carbocycles.